The molecular weight excluding hydrogens is 246 g/mol. The molecule has 2 heterocycles. The molecule has 0 bridgehead atoms. The number of aryl methyl sites for hydroxylation is 1. The van der Waals surface area contributed by atoms with Crippen molar-refractivity contribution in [3.63, 3.8) is 0 Å². The molecular formula is C14H21NO2S. The van der Waals surface area contributed by atoms with E-state index in [-0.39, 0.29) is 5.78 Å². The topological polar surface area (TPSA) is 39.2 Å². The minimum Gasteiger partial charge on any atom is -0.381 e. The van der Waals surface area contributed by atoms with E-state index in [4.69, 9.17) is 4.74 Å². The third kappa shape index (κ3) is 4.18. The van der Waals surface area contributed by atoms with Gasteiger partial charge in [0.1, 0.15) is 0 Å². The van der Waals surface area contributed by atoms with E-state index in [1.807, 2.05) is 6.92 Å². The maximum Gasteiger partial charge on any atom is 0.174 e. The molecule has 1 aliphatic heterocycles. The van der Waals surface area contributed by atoms with Gasteiger partial charge in [0.2, 0.25) is 0 Å². The number of nitrogens with zero attached hydrogens (tertiary/aromatic N) is 1. The predicted molar refractivity (Wildman–Crippen MR) is 73.2 cm³/mol. The third-order valence-corrected chi connectivity index (χ3v) is 4.46. The summed E-state index contributed by atoms with van der Waals surface area (Å²) in [4.78, 5) is 16.8. The largest absolute Gasteiger partial charge is 0.381 e. The van der Waals surface area contributed by atoms with Gasteiger partial charge in [0.25, 0.3) is 0 Å². The van der Waals surface area contributed by atoms with Crippen molar-refractivity contribution in [1.82, 2.24) is 4.98 Å². The standard InChI is InChI=1S/C14H21NO2S/c1-11-15-10-14(18-11)13(16)5-3-2-4-12-6-8-17-9-7-12/h10,12H,2-9H2,1H3. The molecule has 0 atom stereocenters. The Morgan fingerprint density at radius 3 is 2.89 bits per heavy atom. The van der Waals surface area contributed by atoms with Crippen LogP contribution in [0.25, 0.3) is 0 Å². The predicted octanol–water partition coefficient (Wildman–Crippen LogP) is 3.62. The van der Waals surface area contributed by atoms with Crippen LogP contribution in [0.4, 0.5) is 0 Å². The van der Waals surface area contributed by atoms with Crippen molar-refractivity contribution < 1.29 is 9.53 Å². The summed E-state index contributed by atoms with van der Waals surface area (Å²) in [6, 6.07) is 0. The van der Waals surface area contributed by atoms with Gasteiger partial charge in [-0.1, -0.05) is 12.8 Å². The Morgan fingerprint density at radius 2 is 2.22 bits per heavy atom. The summed E-state index contributed by atoms with van der Waals surface area (Å²) >= 11 is 1.50. The highest BCUT2D eigenvalue weighted by molar-refractivity contribution is 7.13. The molecule has 0 aromatic carbocycles. The Balaban J connectivity index is 1.61. The molecule has 4 heteroatoms. The van der Waals surface area contributed by atoms with E-state index >= 15 is 0 Å². The maximum absolute atomic E-state index is 11.9. The van der Waals surface area contributed by atoms with Gasteiger partial charge in [0, 0.05) is 25.8 Å². The second-order valence-electron chi connectivity index (χ2n) is 4.97. The van der Waals surface area contributed by atoms with Crippen molar-refractivity contribution in [2.24, 2.45) is 5.92 Å². The zero-order valence-electron chi connectivity index (χ0n) is 11.0. The Hall–Kier alpha value is -0.740. The van der Waals surface area contributed by atoms with Crippen LogP contribution >= 0.6 is 11.3 Å². The van der Waals surface area contributed by atoms with Gasteiger partial charge in [-0.2, -0.15) is 0 Å². The Labute approximate surface area is 113 Å². The Morgan fingerprint density at radius 1 is 1.44 bits per heavy atom. The van der Waals surface area contributed by atoms with Crippen molar-refractivity contribution >= 4 is 17.1 Å². The molecule has 100 valence electrons. The second kappa shape index (κ2) is 7.00. The van der Waals surface area contributed by atoms with E-state index in [2.05, 4.69) is 4.98 Å². The number of thiazole rings is 1. The van der Waals surface area contributed by atoms with Crippen LogP contribution in [-0.2, 0) is 4.74 Å². The quantitative estimate of drug-likeness (QED) is 0.583. The van der Waals surface area contributed by atoms with E-state index in [1.54, 1.807) is 6.20 Å². The van der Waals surface area contributed by atoms with Crippen LogP contribution in [-0.4, -0.2) is 24.0 Å². The fraction of sp³-hybridized carbons (Fsp3) is 0.714. The van der Waals surface area contributed by atoms with Crippen molar-refractivity contribution in [1.29, 1.82) is 0 Å². The highest BCUT2D eigenvalue weighted by Crippen LogP contribution is 2.22. The van der Waals surface area contributed by atoms with Crippen LogP contribution in [0.3, 0.4) is 0 Å². The lowest BCUT2D eigenvalue weighted by atomic mass is 9.93. The summed E-state index contributed by atoms with van der Waals surface area (Å²) in [7, 11) is 0. The van der Waals surface area contributed by atoms with Crippen molar-refractivity contribution in [2.45, 2.75) is 45.4 Å². The van der Waals surface area contributed by atoms with Crippen molar-refractivity contribution in [2.75, 3.05) is 13.2 Å². The molecule has 2 rings (SSSR count). The number of unbranched alkanes of at least 4 members (excludes halogenated alkanes) is 1. The normalized spacial score (nSPS) is 16.9. The molecule has 0 spiro atoms. The molecule has 0 saturated carbocycles. The van der Waals surface area contributed by atoms with Crippen LogP contribution < -0.4 is 0 Å². The third-order valence-electron chi connectivity index (χ3n) is 3.50. The molecule has 0 unspecified atom stereocenters. The van der Waals surface area contributed by atoms with Gasteiger partial charge in [-0.05, 0) is 32.1 Å². The molecule has 1 saturated heterocycles. The highest BCUT2D eigenvalue weighted by Gasteiger charge is 2.14. The molecule has 18 heavy (non-hydrogen) atoms. The molecule has 0 radical (unpaired) electrons. The molecule has 0 amide bonds. The number of Topliss-reactive ketones (excluding diaryl/α,β-unsaturated/α-hetero) is 1. The van der Waals surface area contributed by atoms with Gasteiger partial charge in [-0.3, -0.25) is 4.79 Å². The summed E-state index contributed by atoms with van der Waals surface area (Å²) < 4.78 is 5.34. The van der Waals surface area contributed by atoms with Gasteiger partial charge in [-0.15, -0.1) is 11.3 Å². The average molecular weight is 267 g/mol. The van der Waals surface area contributed by atoms with Crippen LogP contribution in [0.15, 0.2) is 6.20 Å². The first-order chi connectivity index (χ1) is 8.75. The molecule has 1 fully saturated rings. The maximum atomic E-state index is 11.9. The minimum atomic E-state index is 0.257. The summed E-state index contributed by atoms with van der Waals surface area (Å²) in [6.07, 6.45) is 8.19. The second-order valence-corrected chi connectivity index (χ2v) is 6.20. The number of aromatic nitrogens is 1. The highest BCUT2D eigenvalue weighted by atomic mass is 32.1. The molecule has 1 aliphatic rings. The van der Waals surface area contributed by atoms with Crippen molar-refractivity contribution in [3.05, 3.63) is 16.1 Å². The molecule has 0 aliphatic carbocycles. The number of hydrogen-bond acceptors (Lipinski definition) is 4. The summed E-state index contributed by atoms with van der Waals surface area (Å²) in [5.74, 6) is 1.08. The van der Waals surface area contributed by atoms with E-state index in [0.29, 0.717) is 6.42 Å². The van der Waals surface area contributed by atoms with Crippen LogP contribution in [0.2, 0.25) is 0 Å². The van der Waals surface area contributed by atoms with Crippen LogP contribution in [0, 0.1) is 12.8 Å². The Bertz CT molecular complexity index is 383. The average Bonchev–Trinajstić information content (AvgIpc) is 2.82. The molecule has 1 aromatic heterocycles. The number of carbonyl (C=O) groups excluding carboxylic acids is 1. The van der Waals surface area contributed by atoms with E-state index < -0.39 is 0 Å². The van der Waals surface area contributed by atoms with Gasteiger partial charge in [-0.25, -0.2) is 4.98 Å². The van der Waals surface area contributed by atoms with Crippen LogP contribution in [0.5, 0.6) is 0 Å². The first kappa shape index (κ1) is 13.7. The number of rotatable bonds is 6. The SMILES string of the molecule is Cc1ncc(C(=O)CCCCC2CCOCC2)s1. The number of hydrogen-bond donors (Lipinski definition) is 0. The van der Waals surface area contributed by atoms with Gasteiger partial charge >= 0.3 is 0 Å². The summed E-state index contributed by atoms with van der Waals surface area (Å²) in [5, 5.41) is 0.973. The summed E-state index contributed by atoms with van der Waals surface area (Å²) in [5.41, 5.74) is 0. The first-order valence-electron chi connectivity index (χ1n) is 6.79. The number of ketones is 1. The lowest BCUT2D eigenvalue weighted by molar-refractivity contribution is 0.0630. The fourth-order valence-electron chi connectivity index (χ4n) is 2.37. The summed E-state index contributed by atoms with van der Waals surface area (Å²) in [6.45, 7) is 3.78. The van der Waals surface area contributed by atoms with Gasteiger partial charge < -0.3 is 4.74 Å². The first-order valence-corrected chi connectivity index (χ1v) is 7.60. The van der Waals surface area contributed by atoms with Gasteiger partial charge in [0.05, 0.1) is 9.88 Å². The zero-order chi connectivity index (χ0) is 12.8. The van der Waals surface area contributed by atoms with E-state index in [0.717, 1.165) is 41.9 Å². The Kier molecular flexibility index (Phi) is 5.32. The number of carbonyl (C=O) groups is 1. The smallest absolute Gasteiger partial charge is 0.174 e. The van der Waals surface area contributed by atoms with E-state index in [1.165, 1.54) is 30.6 Å². The molecule has 3 nitrogen and oxygen atoms in total. The van der Waals surface area contributed by atoms with Gasteiger partial charge in [0.15, 0.2) is 5.78 Å². The van der Waals surface area contributed by atoms with Crippen molar-refractivity contribution in [3.8, 4) is 0 Å². The lowest BCUT2D eigenvalue weighted by Crippen LogP contribution is -2.15. The minimum absolute atomic E-state index is 0.257. The van der Waals surface area contributed by atoms with Crippen LogP contribution in [0.1, 0.15) is 53.2 Å². The molecule has 1 aromatic rings. The van der Waals surface area contributed by atoms with E-state index in [9.17, 15) is 4.79 Å². The monoisotopic (exact) mass is 267 g/mol. The molecule has 0 N–H and O–H groups in total. The lowest BCUT2D eigenvalue weighted by Gasteiger charge is -2.21. The fourth-order valence-corrected chi connectivity index (χ4v) is 3.11. The number of ether oxygens (including phenoxy) is 1. The zero-order valence-corrected chi connectivity index (χ0v) is 11.8.